The minimum Gasteiger partial charge on any atom is -0.296 e. The smallest absolute Gasteiger partial charge is 0.296 e. The molecule has 7 heteroatoms. The molecule has 72 valence electrons. The summed E-state index contributed by atoms with van der Waals surface area (Å²) in [6, 6.07) is 0. The highest BCUT2D eigenvalue weighted by Gasteiger charge is 2.69. The predicted octanol–water partition coefficient (Wildman–Crippen LogP) is 2.11. The topological polar surface area (TPSA) is 17.1 Å². The molecule has 0 bridgehead atoms. The number of rotatable bonds is 3. The van der Waals surface area contributed by atoms with Gasteiger partial charge in [-0.05, 0) is 0 Å². The van der Waals surface area contributed by atoms with Gasteiger partial charge in [-0.25, -0.2) is 0 Å². The Kier molecular flexibility index (Phi) is 2.47. The maximum absolute atomic E-state index is 12.0. The van der Waals surface area contributed by atoms with Crippen LogP contribution in [-0.4, -0.2) is 24.1 Å². The lowest BCUT2D eigenvalue weighted by molar-refractivity contribution is -0.286. The van der Waals surface area contributed by atoms with Crippen molar-refractivity contribution in [2.75, 3.05) is 0 Å². The lowest BCUT2D eigenvalue weighted by Gasteiger charge is -2.26. The zero-order valence-corrected chi connectivity index (χ0v) is 5.75. The summed E-state index contributed by atoms with van der Waals surface area (Å²) in [7, 11) is 0. The molecule has 0 aliphatic heterocycles. The summed E-state index contributed by atoms with van der Waals surface area (Å²) < 4.78 is 71.2. The number of aldehydes is 1. The average Bonchev–Trinajstić information content (AvgIpc) is 1.85. The average molecular weight is 194 g/mol. The minimum absolute atomic E-state index is 0.385. The molecule has 0 spiro atoms. The van der Waals surface area contributed by atoms with Crippen LogP contribution < -0.4 is 0 Å². The van der Waals surface area contributed by atoms with Gasteiger partial charge in [0.15, 0.2) is 6.29 Å². The molecular formula is C5H4F6O. The molecule has 0 aliphatic carbocycles. The number of hydrogen-bond donors (Lipinski definition) is 0. The quantitative estimate of drug-likeness (QED) is 0.496. The Labute approximate surface area is 63.4 Å². The Morgan fingerprint density at radius 1 is 1.00 bits per heavy atom. The van der Waals surface area contributed by atoms with E-state index in [0.717, 1.165) is 0 Å². The van der Waals surface area contributed by atoms with E-state index in [4.69, 9.17) is 0 Å². The van der Waals surface area contributed by atoms with E-state index in [0.29, 0.717) is 0 Å². The van der Waals surface area contributed by atoms with Gasteiger partial charge >= 0.3 is 17.8 Å². The van der Waals surface area contributed by atoms with Crippen LogP contribution in [0.1, 0.15) is 6.92 Å². The number of halogens is 6. The zero-order chi connectivity index (χ0) is 10.2. The molecule has 0 unspecified atom stereocenters. The van der Waals surface area contributed by atoms with Crippen molar-refractivity contribution in [3.8, 4) is 0 Å². The van der Waals surface area contributed by atoms with Crippen LogP contribution in [0.5, 0.6) is 0 Å². The van der Waals surface area contributed by atoms with Crippen molar-refractivity contribution in [2.45, 2.75) is 24.7 Å². The zero-order valence-electron chi connectivity index (χ0n) is 5.75. The lowest BCUT2D eigenvalue weighted by atomic mass is 10.1. The highest BCUT2D eigenvalue weighted by atomic mass is 19.3. The van der Waals surface area contributed by atoms with Crippen molar-refractivity contribution in [3.05, 3.63) is 0 Å². The van der Waals surface area contributed by atoms with Gasteiger partial charge in [0.05, 0.1) is 0 Å². The maximum atomic E-state index is 12.0. The van der Waals surface area contributed by atoms with Crippen molar-refractivity contribution in [3.63, 3.8) is 0 Å². The van der Waals surface area contributed by atoms with E-state index in [2.05, 4.69) is 0 Å². The van der Waals surface area contributed by atoms with E-state index in [1.807, 2.05) is 0 Å². The first kappa shape index (κ1) is 11.2. The second-order valence-electron chi connectivity index (χ2n) is 2.20. The highest BCUT2D eigenvalue weighted by Crippen LogP contribution is 2.44. The van der Waals surface area contributed by atoms with E-state index in [1.165, 1.54) is 0 Å². The highest BCUT2D eigenvalue weighted by molar-refractivity contribution is 5.62. The summed E-state index contributed by atoms with van der Waals surface area (Å²) in [5.41, 5.74) is 0. The fourth-order valence-electron chi connectivity index (χ4n) is 0.367. The molecule has 0 radical (unpaired) electrons. The molecule has 1 nitrogen and oxygen atoms in total. The molecule has 0 rings (SSSR count). The molecule has 12 heavy (non-hydrogen) atoms. The van der Waals surface area contributed by atoms with E-state index in [1.54, 1.807) is 0 Å². The second-order valence-corrected chi connectivity index (χ2v) is 2.20. The van der Waals surface area contributed by atoms with Crippen LogP contribution in [0.25, 0.3) is 0 Å². The Morgan fingerprint density at radius 3 is 1.42 bits per heavy atom. The Hall–Kier alpha value is -0.750. The SMILES string of the molecule is CC(F)(F)C(F)(F)C(F)(F)C=O. The van der Waals surface area contributed by atoms with Gasteiger partial charge in [0.2, 0.25) is 0 Å². The maximum Gasteiger partial charge on any atom is 0.378 e. The van der Waals surface area contributed by atoms with Crippen LogP contribution >= 0.6 is 0 Å². The largest absolute Gasteiger partial charge is 0.378 e. The molecule has 0 N–H and O–H groups in total. The van der Waals surface area contributed by atoms with Gasteiger partial charge < -0.3 is 0 Å². The molecule has 0 atom stereocenters. The normalized spacial score (nSPS) is 14.6. The summed E-state index contributed by atoms with van der Waals surface area (Å²) in [6.07, 6.45) is -1.50. The van der Waals surface area contributed by atoms with Gasteiger partial charge in [-0.3, -0.25) is 4.79 Å². The Morgan fingerprint density at radius 2 is 1.33 bits per heavy atom. The second kappa shape index (κ2) is 2.63. The van der Waals surface area contributed by atoms with E-state index < -0.39 is 24.1 Å². The van der Waals surface area contributed by atoms with Gasteiger partial charge in [0.1, 0.15) is 0 Å². The molecule has 0 aromatic heterocycles. The fourth-order valence-corrected chi connectivity index (χ4v) is 0.367. The lowest BCUT2D eigenvalue weighted by Crippen LogP contribution is -2.53. The van der Waals surface area contributed by atoms with Crippen LogP contribution in [-0.2, 0) is 4.79 Å². The summed E-state index contributed by atoms with van der Waals surface area (Å²) in [5.74, 6) is -15.9. The number of carbonyl (C=O) groups excluding carboxylic acids is 1. The van der Waals surface area contributed by atoms with Gasteiger partial charge in [-0.1, -0.05) is 0 Å². The van der Waals surface area contributed by atoms with Crippen LogP contribution in [0, 0.1) is 0 Å². The third-order valence-electron chi connectivity index (χ3n) is 1.12. The molecule has 0 fully saturated rings. The summed E-state index contributed by atoms with van der Waals surface area (Å²) in [6.45, 7) is -0.385. The Bertz CT molecular complexity index is 181. The van der Waals surface area contributed by atoms with E-state index in [-0.39, 0.29) is 6.92 Å². The van der Waals surface area contributed by atoms with Crippen LogP contribution in [0.3, 0.4) is 0 Å². The molecule has 0 saturated heterocycles. The third kappa shape index (κ3) is 1.54. The number of hydrogen-bond acceptors (Lipinski definition) is 1. The Balaban J connectivity index is 4.97. The molecule has 0 aliphatic rings. The fraction of sp³-hybridized carbons (Fsp3) is 0.800. The molecule has 0 saturated carbocycles. The van der Waals surface area contributed by atoms with Crippen molar-refractivity contribution in [1.82, 2.24) is 0 Å². The summed E-state index contributed by atoms with van der Waals surface area (Å²) >= 11 is 0. The first-order valence-corrected chi connectivity index (χ1v) is 2.66. The van der Waals surface area contributed by atoms with E-state index in [9.17, 15) is 31.1 Å². The van der Waals surface area contributed by atoms with Crippen LogP contribution in [0.2, 0.25) is 0 Å². The molecule has 0 heterocycles. The third-order valence-corrected chi connectivity index (χ3v) is 1.12. The van der Waals surface area contributed by atoms with Gasteiger partial charge in [0, 0.05) is 6.92 Å². The first-order valence-electron chi connectivity index (χ1n) is 2.66. The standard InChI is InChI=1S/C5H4F6O/c1-3(6,7)5(10,11)4(8,9)2-12/h2H,1H3. The van der Waals surface area contributed by atoms with Crippen LogP contribution in [0.4, 0.5) is 26.3 Å². The van der Waals surface area contributed by atoms with Crippen molar-refractivity contribution >= 4 is 6.29 Å². The van der Waals surface area contributed by atoms with Crippen molar-refractivity contribution < 1.29 is 31.1 Å². The molecule has 0 amide bonds. The van der Waals surface area contributed by atoms with E-state index >= 15 is 0 Å². The van der Waals surface area contributed by atoms with Crippen LogP contribution in [0.15, 0.2) is 0 Å². The van der Waals surface area contributed by atoms with Crippen molar-refractivity contribution in [2.24, 2.45) is 0 Å². The predicted molar refractivity (Wildman–Crippen MR) is 26.6 cm³/mol. The first-order chi connectivity index (χ1) is 5.06. The molecular weight excluding hydrogens is 190 g/mol. The minimum atomic E-state index is -5.65. The van der Waals surface area contributed by atoms with Gasteiger partial charge in [-0.2, -0.15) is 26.3 Å². The summed E-state index contributed by atoms with van der Waals surface area (Å²) in [4.78, 5) is 9.36. The number of carbonyl (C=O) groups is 1. The molecule has 0 aromatic rings. The summed E-state index contributed by atoms with van der Waals surface area (Å²) in [5, 5.41) is 0. The van der Waals surface area contributed by atoms with Gasteiger partial charge in [-0.15, -0.1) is 0 Å². The monoisotopic (exact) mass is 194 g/mol. The number of alkyl halides is 6. The van der Waals surface area contributed by atoms with Gasteiger partial charge in [0.25, 0.3) is 0 Å². The van der Waals surface area contributed by atoms with Crippen molar-refractivity contribution in [1.29, 1.82) is 0 Å². The molecule has 0 aromatic carbocycles.